The number of hydrogen-bond donors (Lipinski definition) is 0. The molecule has 1 aliphatic carbocycles. The molecule has 0 unspecified atom stereocenters. The Morgan fingerprint density at radius 3 is 2.71 bits per heavy atom. The Kier molecular flexibility index (Phi) is 7.77. The highest BCUT2D eigenvalue weighted by Crippen LogP contribution is 2.34. The molecule has 3 aromatic rings. The van der Waals surface area contributed by atoms with E-state index >= 15 is 0 Å². The summed E-state index contributed by atoms with van der Waals surface area (Å²) in [7, 11) is 1.59. The monoisotopic (exact) mass is 474 g/mol. The van der Waals surface area contributed by atoms with E-state index in [1.807, 2.05) is 24.3 Å². The maximum absolute atomic E-state index is 14.2. The van der Waals surface area contributed by atoms with Crippen molar-refractivity contribution in [2.45, 2.75) is 26.3 Å². The van der Waals surface area contributed by atoms with Crippen LogP contribution in [0.25, 0.3) is 0 Å². The van der Waals surface area contributed by atoms with Gasteiger partial charge in [0.2, 0.25) is 11.8 Å². The normalized spacial score (nSPS) is 12.6. The van der Waals surface area contributed by atoms with Gasteiger partial charge >= 0.3 is 0 Å². The minimum Gasteiger partial charge on any atom is -0.497 e. The summed E-state index contributed by atoms with van der Waals surface area (Å²) in [6.07, 6.45) is 9.71. The third-order valence-corrected chi connectivity index (χ3v) is 5.57. The van der Waals surface area contributed by atoms with Crippen LogP contribution in [-0.4, -0.2) is 24.6 Å². The van der Waals surface area contributed by atoms with Gasteiger partial charge in [-0.1, -0.05) is 30.4 Å². The molecule has 180 valence electrons. The van der Waals surface area contributed by atoms with Gasteiger partial charge in [-0.25, -0.2) is 9.37 Å². The number of anilines is 1. The second kappa shape index (κ2) is 11.3. The van der Waals surface area contributed by atoms with Crippen molar-refractivity contribution >= 4 is 11.6 Å². The summed E-state index contributed by atoms with van der Waals surface area (Å²) in [4.78, 5) is 18.6. The fraction of sp³-hybridized carbons (Fsp3) is 0.214. The number of carbonyl (C=O) groups excluding carboxylic acids is 1. The van der Waals surface area contributed by atoms with Crippen molar-refractivity contribution in [1.82, 2.24) is 4.98 Å². The van der Waals surface area contributed by atoms with Crippen LogP contribution < -0.4 is 19.1 Å². The lowest BCUT2D eigenvalue weighted by Gasteiger charge is -2.24. The smallest absolute Gasteiger partial charge is 0.243 e. The molecule has 0 saturated heterocycles. The van der Waals surface area contributed by atoms with Crippen LogP contribution in [0.3, 0.4) is 0 Å². The second-order valence-corrected chi connectivity index (χ2v) is 8.02. The Morgan fingerprint density at radius 1 is 1.11 bits per heavy atom. The fourth-order valence-corrected chi connectivity index (χ4v) is 3.72. The molecule has 1 amide bonds. The highest BCUT2D eigenvalue weighted by Gasteiger charge is 2.21. The van der Waals surface area contributed by atoms with Crippen molar-refractivity contribution < 1.29 is 23.4 Å². The number of hydrogen-bond acceptors (Lipinski definition) is 5. The molecule has 0 saturated carbocycles. The third-order valence-electron chi connectivity index (χ3n) is 5.57. The van der Waals surface area contributed by atoms with E-state index < -0.39 is 5.82 Å². The zero-order valence-electron chi connectivity index (χ0n) is 19.7. The molecule has 7 heteroatoms. The summed E-state index contributed by atoms with van der Waals surface area (Å²) in [5, 5.41) is 0. The predicted octanol–water partition coefficient (Wildman–Crippen LogP) is 6.23. The summed E-state index contributed by atoms with van der Waals surface area (Å²) in [6, 6.07) is 15.0. The Bertz CT molecular complexity index is 1260. The lowest BCUT2D eigenvalue weighted by atomic mass is 10.1. The Hall–Kier alpha value is -4.13. The number of halogens is 1. The maximum Gasteiger partial charge on any atom is 0.243 e. The quantitative estimate of drug-likeness (QED) is 0.368. The first-order valence-electron chi connectivity index (χ1n) is 11.3. The highest BCUT2D eigenvalue weighted by atomic mass is 19.1. The number of aromatic nitrogens is 1. The van der Waals surface area contributed by atoms with E-state index in [-0.39, 0.29) is 24.1 Å². The molecule has 0 bridgehead atoms. The molecule has 0 fully saturated rings. The lowest BCUT2D eigenvalue weighted by Crippen LogP contribution is -2.28. The number of pyridine rings is 1. The topological polar surface area (TPSA) is 60.9 Å². The Balaban J connectivity index is 1.64. The number of carbonyl (C=O) groups is 1. The van der Waals surface area contributed by atoms with Gasteiger partial charge in [0.15, 0.2) is 11.6 Å². The number of ether oxygens (including phenoxy) is 3. The SMILES string of the molecule is COc1ccc(OCC2=CC=CCC2)c(CN(C(C)=O)c2cccnc2Oc2ccccc2F)c1. The van der Waals surface area contributed by atoms with Gasteiger partial charge in [-0.2, -0.15) is 0 Å². The van der Waals surface area contributed by atoms with Gasteiger partial charge in [-0.3, -0.25) is 4.79 Å². The number of amides is 1. The predicted molar refractivity (Wildman–Crippen MR) is 133 cm³/mol. The summed E-state index contributed by atoms with van der Waals surface area (Å²) in [5.41, 5.74) is 2.37. The van der Waals surface area contributed by atoms with E-state index in [9.17, 15) is 9.18 Å². The van der Waals surface area contributed by atoms with Crippen molar-refractivity contribution in [2.75, 3.05) is 18.6 Å². The summed E-state index contributed by atoms with van der Waals surface area (Å²) < 4.78 is 31.5. The number of rotatable bonds is 9. The van der Waals surface area contributed by atoms with Crippen LogP contribution in [0.2, 0.25) is 0 Å². The molecule has 4 rings (SSSR count). The van der Waals surface area contributed by atoms with Gasteiger partial charge in [0.1, 0.15) is 23.8 Å². The van der Waals surface area contributed by atoms with Gasteiger partial charge in [0, 0.05) is 18.7 Å². The first-order valence-corrected chi connectivity index (χ1v) is 11.3. The summed E-state index contributed by atoms with van der Waals surface area (Å²) in [5.74, 6) is 0.685. The fourth-order valence-electron chi connectivity index (χ4n) is 3.72. The molecule has 6 nitrogen and oxygen atoms in total. The standard InChI is InChI=1S/C28H27FN2O4/c1-20(32)31(25-12-8-16-30-28(25)35-27-13-7-6-11-24(27)29)18-22-17-23(33-2)14-15-26(22)34-19-21-9-4-3-5-10-21/h3-4,6-9,11-17H,5,10,18-19H2,1-2H3. The molecule has 0 N–H and O–H groups in total. The molecular weight excluding hydrogens is 447 g/mol. The molecule has 0 atom stereocenters. The molecule has 0 aliphatic heterocycles. The van der Waals surface area contributed by atoms with Crippen LogP contribution in [0, 0.1) is 5.82 Å². The number of methoxy groups -OCH3 is 1. The zero-order chi connectivity index (χ0) is 24.6. The molecule has 0 spiro atoms. The molecular formula is C28H27FN2O4. The minimum absolute atomic E-state index is 0.0242. The van der Waals surface area contributed by atoms with E-state index in [4.69, 9.17) is 14.2 Å². The molecule has 35 heavy (non-hydrogen) atoms. The van der Waals surface area contributed by atoms with Crippen LogP contribution in [-0.2, 0) is 11.3 Å². The van der Waals surface area contributed by atoms with Crippen LogP contribution in [0.4, 0.5) is 10.1 Å². The third kappa shape index (κ3) is 6.06. The number of benzene rings is 2. The number of nitrogens with zero attached hydrogens (tertiary/aromatic N) is 2. The van der Waals surface area contributed by atoms with Gasteiger partial charge in [-0.05, 0) is 60.9 Å². The largest absolute Gasteiger partial charge is 0.497 e. The van der Waals surface area contributed by atoms with E-state index in [2.05, 4.69) is 17.1 Å². The average molecular weight is 475 g/mol. The number of allylic oxidation sites excluding steroid dienone is 3. The average Bonchev–Trinajstić information content (AvgIpc) is 2.88. The second-order valence-electron chi connectivity index (χ2n) is 8.02. The molecule has 1 heterocycles. The zero-order valence-corrected chi connectivity index (χ0v) is 19.7. The van der Waals surface area contributed by atoms with Gasteiger partial charge in [-0.15, -0.1) is 0 Å². The van der Waals surface area contributed by atoms with E-state index in [1.165, 1.54) is 35.7 Å². The molecule has 1 aromatic heterocycles. The Labute approximate surface area is 204 Å². The van der Waals surface area contributed by atoms with Crippen LogP contribution in [0.1, 0.15) is 25.3 Å². The molecule has 1 aliphatic rings. The lowest BCUT2D eigenvalue weighted by molar-refractivity contribution is -0.116. The first kappa shape index (κ1) is 24.0. The van der Waals surface area contributed by atoms with Crippen LogP contribution >= 0.6 is 0 Å². The van der Waals surface area contributed by atoms with E-state index in [1.54, 1.807) is 31.4 Å². The summed E-state index contributed by atoms with van der Waals surface area (Å²) in [6.45, 7) is 2.10. The maximum atomic E-state index is 14.2. The first-order chi connectivity index (χ1) is 17.0. The van der Waals surface area contributed by atoms with E-state index in [0.29, 0.717) is 23.8 Å². The highest BCUT2D eigenvalue weighted by molar-refractivity contribution is 5.92. The van der Waals surface area contributed by atoms with Gasteiger partial charge in [0.05, 0.1) is 13.7 Å². The van der Waals surface area contributed by atoms with Crippen LogP contribution in [0.15, 0.2) is 84.6 Å². The van der Waals surface area contributed by atoms with Gasteiger partial charge < -0.3 is 19.1 Å². The minimum atomic E-state index is -0.520. The van der Waals surface area contributed by atoms with Crippen molar-refractivity contribution in [1.29, 1.82) is 0 Å². The van der Waals surface area contributed by atoms with Crippen molar-refractivity contribution in [2.24, 2.45) is 0 Å². The van der Waals surface area contributed by atoms with Crippen molar-refractivity contribution in [3.8, 4) is 23.1 Å². The molecule has 0 radical (unpaired) electrons. The van der Waals surface area contributed by atoms with Gasteiger partial charge in [0.25, 0.3) is 0 Å². The van der Waals surface area contributed by atoms with Crippen molar-refractivity contribution in [3.63, 3.8) is 0 Å². The van der Waals surface area contributed by atoms with Crippen molar-refractivity contribution in [3.05, 3.63) is 96.0 Å². The van der Waals surface area contributed by atoms with E-state index in [0.717, 1.165) is 18.4 Å². The Morgan fingerprint density at radius 2 is 1.97 bits per heavy atom. The summed E-state index contributed by atoms with van der Waals surface area (Å²) >= 11 is 0. The number of para-hydroxylation sites is 1. The molecule has 2 aromatic carbocycles. The van der Waals surface area contributed by atoms with Crippen LogP contribution in [0.5, 0.6) is 23.1 Å².